The maximum Gasteiger partial charge on any atom is 0.295 e. The highest BCUT2D eigenvalue weighted by Gasteiger charge is 2.46. The SMILES string of the molecule is COCCN1C(=O)C(=O)/C(=C(\O)c2c[nH]c3ccccc23)C1c1cccnc1. The zero-order valence-electron chi connectivity index (χ0n) is 15.3. The fraction of sp³-hybridized carbons (Fsp3) is 0.190. The van der Waals surface area contributed by atoms with Crippen LogP contribution in [0.5, 0.6) is 0 Å². The van der Waals surface area contributed by atoms with Gasteiger partial charge in [-0.1, -0.05) is 24.3 Å². The summed E-state index contributed by atoms with van der Waals surface area (Å²) in [6.07, 6.45) is 4.85. The first-order chi connectivity index (χ1) is 13.6. The molecule has 142 valence electrons. The number of benzene rings is 1. The topological polar surface area (TPSA) is 95.5 Å². The molecule has 2 N–H and O–H groups in total. The molecule has 1 atom stereocenters. The summed E-state index contributed by atoms with van der Waals surface area (Å²) in [6.45, 7) is 0.502. The minimum atomic E-state index is -0.725. The monoisotopic (exact) mass is 377 g/mol. The van der Waals surface area contributed by atoms with E-state index in [1.807, 2.05) is 24.3 Å². The number of likely N-dealkylation sites (tertiary alicyclic amines) is 1. The molecular weight excluding hydrogens is 358 g/mol. The summed E-state index contributed by atoms with van der Waals surface area (Å²) in [7, 11) is 1.53. The van der Waals surface area contributed by atoms with E-state index >= 15 is 0 Å². The molecule has 3 heterocycles. The van der Waals surface area contributed by atoms with Crippen molar-refractivity contribution in [3.05, 3.63) is 71.7 Å². The average molecular weight is 377 g/mol. The molecule has 7 nitrogen and oxygen atoms in total. The van der Waals surface area contributed by atoms with E-state index in [1.54, 1.807) is 30.7 Å². The maximum absolute atomic E-state index is 12.9. The number of ketones is 1. The summed E-state index contributed by atoms with van der Waals surface area (Å²) in [4.78, 5) is 34.2. The van der Waals surface area contributed by atoms with Crippen molar-refractivity contribution in [2.24, 2.45) is 0 Å². The molecule has 28 heavy (non-hydrogen) atoms. The highest BCUT2D eigenvalue weighted by Crippen LogP contribution is 2.40. The second kappa shape index (κ2) is 7.28. The number of nitrogens with zero attached hydrogens (tertiary/aromatic N) is 2. The van der Waals surface area contributed by atoms with Gasteiger partial charge in [0, 0.05) is 48.7 Å². The molecule has 1 aromatic carbocycles. The normalized spacial score (nSPS) is 18.9. The molecule has 1 aliphatic heterocycles. The summed E-state index contributed by atoms with van der Waals surface area (Å²) in [5, 5.41) is 11.8. The van der Waals surface area contributed by atoms with Crippen LogP contribution in [0, 0.1) is 0 Å². The van der Waals surface area contributed by atoms with Crippen molar-refractivity contribution in [2.45, 2.75) is 6.04 Å². The number of aromatic amines is 1. The van der Waals surface area contributed by atoms with Crippen molar-refractivity contribution in [1.82, 2.24) is 14.9 Å². The van der Waals surface area contributed by atoms with Crippen molar-refractivity contribution < 1.29 is 19.4 Å². The number of fused-ring (bicyclic) bond motifs is 1. The molecule has 1 fully saturated rings. The quantitative estimate of drug-likeness (QED) is 0.405. The Balaban J connectivity index is 1.90. The van der Waals surface area contributed by atoms with Gasteiger partial charge in [0.15, 0.2) is 0 Å². The number of rotatable bonds is 5. The van der Waals surface area contributed by atoms with Crippen LogP contribution in [0.1, 0.15) is 17.2 Å². The van der Waals surface area contributed by atoms with E-state index in [1.165, 1.54) is 12.0 Å². The number of aliphatic hydroxyl groups excluding tert-OH is 1. The van der Waals surface area contributed by atoms with Gasteiger partial charge in [0.2, 0.25) is 0 Å². The summed E-state index contributed by atoms with van der Waals surface area (Å²) in [6, 6.07) is 10.2. The molecule has 2 aromatic heterocycles. The second-order valence-electron chi connectivity index (χ2n) is 6.52. The van der Waals surface area contributed by atoms with E-state index in [9.17, 15) is 14.7 Å². The second-order valence-corrected chi connectivity index (χ2v) is 6.52. The van der Waals surface area contributed by atoms with E-state index in [0.29, 0.717) is 11.1 Å². The Bertz CT molecular complexity index is 1070. The van der Waals surface area contributed by atoms with Crippen molar-refractivity contribution in [2.75, 3.05) is 20.3 Å². The first-order valence-corrected chi connectivity index (χ1v) is 8.87. The van der Waals surface area contributed by atoms with Gasteiger partial charge in [-0.3, -0.25) is 14.6 Å². The van der Waals surface area contributed by atoms with Crippen LogP contribution in [0.15, 0.2) is 60.6 Å². The number of ether oxygens (including phenoxy) is 1. The Kier molecular flexibility index (Phi) is 4.67. The summed E-state index contributed by atoms with van der Waals surface area (Å²) in [5.74, 6) is -1.58. The van der Waals surface area contributed by atoms with Crippen molar-refractivity contribution in [3.8, 4) is 0 Å². The minimum absolute atomic E-state index is 0.0545. The molecule has 1 saturated heterocycles. The van der Waals surface area contributed by atoms with E-state index in [-0.39, 0.29) is 24.5 Å². The van der Waals surface area contributed by atoms with Crippen molar-refractivity contribution >= 4 is 28.4 Å². The third-order valence-electron chi connectivity index (χ3n) is 4.92. The van der Waals surface area contributed by atoms with Crippen LogP contribution >= 0.6 is 0 Å². The smallest absolute Gasteiger partial charge is 0.295 e. The standard InChI is InChI=1S/C21H19N3O4/c1-28-10-9-24-18(13-5-4-8-22-11-13)17(20(26)21(24)27)19(25)15-12-23-16-7-3-2-6-14(15)16/h2-8,11-12,18,23,25H,9-10H2,1H3/b19-17-. The Morgan fingerprint density at radius 3 is 2.82 bits per heavy atom. The molecule has 1 amide bonds. The number of pyridine rings is 1. The van der Waals surface area contributed by atoms with Crippen LogP contribution < -0.4 is 0 Å². The minimum Gasteiger partial charge on any atom is -0.507 e. The molecule has 7 heteroatoms. The lowest BCUT2D eigenvalue weighted by atomic mass is 9.96. The largest absolute Gasteiger partial charge is 0.507 e. The fourth-order valence-electron chi connectivity index (χ4n) is 3.60. The molecule has 0 bridgehead atoms. The summed E-state index contributed by atoms with van der Waals surface area (Å²) >= 11 is 0. The lowest BCUT2D eigenvalue weighted by Crippen LogP contribution is -2.32. The molecule has 1 aliphatic rings. The van der Waals surface area contributed by atoms with Gasteiger partial charge in [-0.25, -0.2) is 0 Å². The Morgan fingerprint density at radius 1 is 1.25 bits per heavy atom. The number of para-hydroxylation sites is 1. The molecule has 0 saturated carbocycles. The number of amides is 1. The van der Waals surface area contributed by atoms with Gasteiger partial charge >= 0.3 is 0 Å². The summed E-state index contributed by atoms with van der Waals surface area (Å²) in [5.41, 5.74) is 2.02. The molecule has 3 aromatic rings. The number of carbonyl (C=O) groups is 2. The zero-order valence-corrected chi connectivity index (χ0v) is 15.3. The van der Waals surface area contributed by atoms with Gasteiger partial charge in [-0.05, 0) is 17.7 Å². The molecule has 0 aliphatic carbocycles. The summed E-state index contributed by atoms with van der Waals surface area (Å²) < 4.78 is 5.09. The first-order valence-electron chi connectivity index (χ1n) is 8.87. The first kappa shape index (κ1) is 17.9. The van der Waals surface area contributed by atoms with Gasteiger partial charge in [0.05, 0.1) is 18.2 Å². The van der Waals surface area contributed by atoms with Gasteiger partial charge < -0.3 is 19.7 Å². The number of nitrogens with one attached hydrogen (secondary N) is 1. The van der Waals surface area contributed by atoms with Gasteiger partial charge in [0.1, 0.15) is 5.76 Å². The molecular formula is C21H19N3O4. The van der Waals surface area contributed by atoms with E-state index in [0.717, 1.165) is 10.9 Å². The van der Waals surface area contributed by atoms with E-state index in [4.69, 9.17) is 4.74 Å². The third kappa shape index (κ3) is 2.86. The van der Waals surface area contributed by atoms with Crippen molar-refractivity contribution in [1.29, 1.82) is 0 Å². The van der Waals surface area contributed by atoms with Crippen LogP contribution in [-0.2, 0) is 14.3 Å². The van der Waals surface area contributed by atoms with Gasteiger partial charge in [-0.2, -0.15) is 0 Å². The third-order valence-corrected chi connectivity index (χ3v) is 4.92. The van der Waals surface area contributed by atoms with E-state index < -0.39 is 17.7 Å². The number of aromatic nitrogens is 2. The predicted molar refractivity (Wildman–Crippen MR) is 103 cm³/mol. The molecule has 0 spiro atoms. The van der Waals surface area contributed by atoms with Crippen LogP contribution in [-0.4, -0.2) is 51.9 Å². The average Bonchev–Trinajstić information content (AvgIpc) is 3.26. The lowest BCUT2D eigenvalue weighted by molar-refractivity contribution is -0.140. The Hall–Kier alpha value is -3.45. The van der Waals surface area contributed by atoms with Crippen molar-refractivity contribution in [3.63, 3.8) is 0 Å². The number of aliphatic hydroxyl groups is 1. The number of carbonyl (C=O) groups excluding carboxylic acids is 2. The highest BCUT2D eigenvalue weighted by atomic mass is 16.5. The van der Waals surface area contributed by atoms with Crippen LogP contribution in [0.3, 0.4) is 0 Å². The van der Waals surface area contributed by atoms with Gasteiger partial charge in [0.25, 0.3) is 11.7 Å². The maximum atomic E-state index is 12.9. The molecule has 1 unspecified atom stereocenters. The van der Waals surface area contributed by atoms with Gasteiger partial charge in [-0.15, -0.1) is 0 Å². The fourth-order valence-corrected chi connectivity index (χ4v) is 3.60. The zero-order chi connectivity index (χ0) is 19.7. The van der Waals surface area contributed by atoms with E-state index in [2.05, 4.69) is 9.97 Å². The number of hydrogen-bond acceptors (Lipinski definition) is 5. The predicted octanol–water partition coefficient (Wildman–Crippen LogP) is 2.63. The number of methoxy groups -OCH3 is 1. The van der Waals surface area contributed by atoms with Crippen LogP contribution in [0.4, 0.5) is 0 Å². The Labute approximate surface area is 161 Å². The lowest BCUT2D eigenvalue weighted by Gasteiger charge is -2.24. The highest BCUT2D eigenvalue weighted by molar-refractivity contribution is 6.46. The Morgan fingerprint density at radius 2 is 2.07 bits per heavy atom. The number of Topliss-reactive ketones (excluding diaryl/α,β-unsaturated/α-hetero) is 1. The number of hydrogen-bond donors (Lipinski definition) is 2. The number of H-pyrrole nitrogens is 1. The van der Waals surface area contributed by atoms with Crippen LogP contribution in [0.2, 0.25) is 0 Å². The van der Waals surface area contributed by atoms with Crippen LogP contribution in [0.25, 0.3) is 16.7 Å². The molecule has 0 radical (unpaired) electrons. The molecule has 4 rings (SSSR count).